The molecule has 0 aliphatic heterocycles. The molecule has 114 valence electrons. The van der Waals surface area contributed by atoms with Gasteiger partial charge in [0.05, 0.1) is 5.75 Å². The molecule has 0 unspecified atom stereocenters. The van der Waals surface area contributed by atoms with Crippen LogP contribution in [0.3, 0.4) is 0 Å². The first-order chi connectivity index (χ1) is 8.76. The molecule has 0 heterocycles. The maximum atomic E-state index is 12.4. The standard InChI is InChI=1S/C11H21F3N2O2S/c1-2-15-7-3-4-8-19(17,18)16(10-5-6-10)9-11(12,13)14/h10,15H,2-9H2,1H3. The van der Waals surface area contributed by atoms with Gasteiger partial charge in [-0.2, -0.15) is 17.5 Å². The number of alkyl halides is 3. The van der Waals surface area contributed by atoms with Gasteiger partial charge < -0.3 is 5.32 Å². The summed E-state index contributed by atoms with van der Waals surface area (Å²) in [6.07, 6.45) is -2.37. The normalized spacial score (nSPS) is 17.1. The molecule has 1 aliphatic rings. The van der Waals surface area contributed by atoms with Crippen molar-refractivity contribution in [2.75, 3.05) is 25.4 Å². The molecule has 8 heteroatoms. The fourth-order valence-electron chi connectivity index (χ4n) is 1.82. The van der Waals surface area contributed by atoms with Crippen molar-refractivity contribution in [3.8, 4) is 0 Å². The van der Waals surface area contributed by atoms with Crippen LogP contribution < -0.4 is 5.32 Å². The van der Waals surface area contributed by atoms with Crippen LogP contribution in [0.4, 0.5) is 13.2 Å². The summed E-state index contributed by atoms with van der Waals surface area (Å²) >= 11 is 0. The Labute approximate surface area is 112 Å². The fourth-order valence-corrected chi connectivity index (χ4v) is 3.63. The van der Waals surface area contributed by atoms with Crippen molar-refractivity contribution in [1.82, 2.24) is 9.62 Å². The zero-order valence-corrected chi connectivity index (χ0v) is 11.9. The van der Waals surface area contributed by atoms with Gasteiger partial charge in [-0.25, -0.2) is 8.42 Å². The lowest BCUT2D eigenvalue weighted by Crippen LogP contribution is -2.41. The summed E-state index contributed by atoms with van der Waals surface area (Å²) in [5, 5.41) is 3.05. The third-order valence-corrected chi connectivity index (χ3v) is 4.85. The first-order valence-electron chi connectivity index (χ1n) is 6.53. The molecular formula is C11H21F3N2O2S. The van der Waals surface area contributed by atoms with Gasteiger partial charge in [0.15, 0.2) is 0 Å². The molecule has 0 saturated heterocycles. The van der Waals surface area contributed by atoms with E-state index in [1.165, 1.54) is 0 Å². The Hall–Kier alpha value is -0.340. The number of nitrogens with zero attached hydrogens (tertiary/aromatic N) is 1. The van der Waals surface area contributed by atoms with Crippen LogP contribution in [0.25, 0.3) is 0 Å². The fraction of sp³-hybridized carbons (Fsp3) is 1.00. The van der Waals surface area contributed by atoms with Crippen LogP contribution in [0.15, 0.2) is 0 Å². The summed E-state index contributed by atoms with van der Waals surface area (Å²) < 4.78 is 61.7. The monoisotopic (exact) mass is 302 g/mol. The molecular weight excluding hydrogens is 281 g/mol. The Balaban J connectivity index is 2.47. The molecule has 0 aromatic carbocycles. The summed E-state index contributed by atoms with van der Waals surface area (Å²) in [4.78, 5) is 0. The van der Waals surface area contributed by atoms with Crippen LogP contribution in [0, 0.1) is 0 Å². The van der Waals surface area contributed by atoms with Crippen molar-refractivity contribution in [2.45, 2.75) is 44.8 Å². The van der Waals surface area contributed by atoms with E-state index in [1.807, 2.05) is 6.92 Å². The van der Waals surface area contributed by atoms with E-state index in [1.54, 1.807) is 0 Å². The average Bonchev–Trinajstić information content (AvgIpc) is 3.08. The summed E-state index contributed by atoms with van der Waals surface area (Å²) in [7, 11) is -3.79. The number of unbranched alkanes of at least 4 members (excludes halogenated alkanes) is 1. The number of hydrogen-bond acceptors (Lipinski definition) is 3. The van der Waals surface area contributed by atoms with Gasteiger partial charge in [-0.05, 0) is 38.8 Å². The van der Waals surface area contributed by atoms with Crippen LogP contribution in [-0.4, -0.2) is 50.3 Å². The Morgan fingerprint density at radius 2 is 1.89 bits per heavy atom. The van der Waals surface area contributed by atoms with E-state index in [4.69, 9.17) is 0 Å². The highest BCUT2D eigenvalue weighted by Gasteiger charge is 2.43. The van der Waals surface area contributed by atoms with Crippen molar-refractivity contribution in [1.29, 1.82) is 0 Å². The molecule has 0 radical (unpaired) electrons. The van der Waals surface area contributed by atoms with Crippen molar-refractivity contribution in [3.05, 3.63) is 0 Å². The highest BCUT2D eigenvalue weighted by Crippen LogP contribution is 2.32. The minimum atomic E-state index is -4.47. The van der Waals surface area contributed by atoms with E-state index in [2.05, 4.69) is 5.32 Å². The molecule has 4 nitrogen and oxygen atoms in total. The lowest BCUT2D eigenvalue weighted by atomic mass is 10.3. The van der Waals surface area contributed by atoms with E-state index >= 15 is 0 Å². The highest BCUT2D eigenvalue weighted by atomic mass is 32.2. The lowest BCUT2D eigenvalue weighted by molar-refractivity contribution is -0.137. The molecule has 1 N–H and O–H groups in total. The summed E-state index contributed by atoms with van der Waals surface area (Å²) in [6.45, 7) is 2.08. The third kappa shape index (κ3) is 6.58. The number of hydrogen-bond donors (Lipinski definition) is 1. The van der Waals surface area contributed by atoms with E-state index in [9.17, 15) is 21.6 Å². The maximum Gasteiger partial charge on any atom is 0.402 e. The molecule has 0 bridgehead atoms. The summed E-state index contributed by atoms with van der Waals surface area (Å²) in [6, 6.07) is -0.444. The first-order valence-corrected chi connectivity index (χ1v) is 8.14. The molecule has 1 rings (SSSR count). The quantitative estimate of drug-likeness (QED) is 0.660. The Morgan fingerprint density at radius 3 is 2.37 bits per heavy atom. The smallest absolute Gasteiger partial charge is 0.317 e. The topological polar surface area (TPSA) is 49.4 Å². The number of sulfonamides is 1. The van der Waals surface area contributed by atoms with E-state index in [-0.39, 0.29) is 5.75 Å². The number of nitrogens with one attached hydrogen (secondary N) is 1. The minimum Gasteiger partial charge on any atom is -0.317 e. The molecule has 0 aromatic rings. The largest absolute Gasteiger partial charge is 0.402 e. The molecule has 1 aliphatic carbocycles. The van der Waals surface area contributed by atoms with Gasteiger partial charge in [0.2, 0.25) is 10.0 Å². The van der Waals surface area contributed by atoms with Gasteiger partial charge in [-0.3, -0.25) is 0 Å². The third-order valence-electron chi connectivity index (χ3n) is 2.90. The number of halogens is 3. The highest BCUT2D eigenvalue weighted by molar-refractivity contribution is 7.89. The van der Waals surface area contributed by atoms with Crippen molar-refractivity contribution in [3.63, 3.8) is 0 Å². The zero-order chi connectivity index (χ0) is 14.5. The average molecular weight is 302 g/mol. The van der Waals surface area contributed by atoms with Crippen LogP contribution in [0.1, 0.15) is 32.6 Å². The van der Waals surface area contributed by atoms with Crippen molar-refractivity contribution < 1.29 is 21.6 Å². The summed E-state index contributed by atoms with van der Waals surface area (Å²) in [5.41, 5.74) is 0. The van der Waals surface area contributed by atoms with Crippen molar-refractivity contribution >= 4 is 10.0 Å². The minimum absolute atomic E-state index is 0.203. The van der Waals surface area contributed by atoms with Crippen molar-refractivity contribution in [2.24, 2.45) is 0 Å². The second kappa shape index (κ2) is 6.90. The lowest BCUT2D eigenvalue weighted by Gasteiger charge is -2.23. The van der Waals surface area contributed by atoms with Gasteiger partial charge in [0, 0.05) is 6.04 Å². The predicted molar refractivity (Wildman–Crippen MR) is 67.3 cm³/mol. The first kappa shape index (κ1) is 16.7. The van der Waals surface area contributed by atoms with Crippen LogP contribution in [0.2, 0.25) is 0 Å². The Bertz CT molecular complexity index is 367. The van der Waals surface area contributed by atoms with Gasteiger partial charge in [0.25, 0.3) is 0 Å². The maximum absolute atomic E-state index is 12.4. The summed E-state index contributed by atoms with van der Waals surface area (Å²) in [5.74, 6) is -0.203. The van der Waals surface area contributed by atoms with Gasteiger partial charge >= 0.3 is 6.18 Å². The molecule has 19 heavy (non-hydrogen) atoms. The van der Waals surface area contributed by atoms with E-state index in [0.29, 0.717) is 36.5 Å². The van der Waals surface area contributed by atoms with E-state index in [0.717, 1.165) is 6.54 Å². The molecule has 1 saturated carbocycles. The van der Waals surface area contributed by atoms with E-state index < -0.39 is 28.8 Å². The van der Waals surface area contributed by atoms with Gasteiger partial charge in [0.1, 0.15) is 6.54 Å². The second-order valence-corrected chi connectivity index (χ2v) is 6.81. The Morgan fingerprint density at radius 1 is 1.26 bits per heavy atom. The SMILES string of the molecule is CCNCCCCS(=O)(=O)N(CC(F)(F)F)C1CC1. The Kier molecular flexibility index (Phi) is 6.07. The van der Waals surface area contributed by atoms with Crippen LogP contribution in [-0.2, 0) is 10.0 Å². The number of rotatable bonds is 9. The molecule has 1 fully saturated rings. The molecule has 0 amide bonds. The zero-order valence-electron chi connectivity index (χ0n) is 11.0. The van der Waals surface area contributed by atoms with Gasteiger partial charge in [-0.15, -0.1) is 0 Å². The molecule has 0 aromatic heterocycles. The molecule has 0 spiro atoms. The molecule has 0 atom stereocenters. The second-order valence-electron chi connectivity index (χ2n) is 4.77. The predicted octanol–water partition coefficient (Wildman–Crippen LogP) is 1.73. The van der Waals surface area contributed by atoms with Crippen LogP contribution >= 0.6 is 0 Å². The van der Waals surface area contributed by atoms with Gasteiger partial charge in [-0.1, -0.05) is 6.92 Å². The van der Waals surface area contributed by atoms with Crippen LogP contribution in [0.5, 0.6) is 0 Å².